The number of carbonyl (C=O) groups excluding carboxylic acids is 1. The van der Waals surface area contributed by atoms with Crippen LogP contribution in [0.4, 0.5) is 10.1 Å². The van der Waals surface area contributed by atoms with Gasteiger partial charge in [0, 0.05) is 42.0 Å². The molecular weight excluding hydrogens is 383 g/mol. The fraction of sp³-hybridized carbons (Fsp3) is 0.125. The van der Waals surface area contributed by atoms with Gasteiger partial charge in [-0.1, -0.05) is 24.3 Å². The van der Waals surface area contributed by atoms with E-state index in [1.165, 1.54) is 0 Å². The van der Waals surface area contributed by atoms with E-state index < -0.39 is 11.9 Å². The van der Waals surface area contributed by atoms with Crippen LogP contribution >= 0.6 is 0 Å². The zero-order chi connectivity index (χ0) is 20.8. The number of furan rings is 1. The number of anilines is 1. The van der Waals surface area contributed by atoms with Crippen molar-refractivity contribution in [3.8, 4) is 5.75 Å². The highest BCUT2D eigenvalue weighted by Crippen LogP contribution is 2.41. The Morgan fingerprint density at radius 2 is 2.00 bits per heavy atom. The van der Waals surface area contributed by atoms with Crippen LogP contribution in [0, 0.1) is 6.01 Å². The van der Waals surface area contributed by atoms with Crippen LogP contribution in [0.5, 0.6) is 5.75 Å². The summed E-state index contributed by atoms with van der Waals surface area (Å²) in [5.41, 5.74) is 3.73. The molecule has 0 fully saturated rings. The molecule has 1 aromatic heterocycles. The molecule has 3 aromatic rings. The van der Waals surface area contributed by atoms with Crippen molar-refractivity contribution in [3.05, 3.63) is 89.6 Å². The first kappa shape index (κ1) is 18.2. The molecule has 6 heteroatoms. The number of hydrogen-bond acceptors (Lipinski definition) is 4. The van der Waals surface area contributed by atoms with E-state index in [-0.39, 0.29) is 11.7 Å². The molecule has 150 valence electrons. The van der Waals surface area contributed by atoms with Gasteiger partial charge in [-0.05, 0) is 42.5 Å². The molecule has 30 heavy (non-hydrogen) atoms. The standard InChI is InChI=1S/C24H19FN2O3/c1-27(2)15-10-11-21-18(13-15)17-12-14(6-5-9-20(17)29-21)26-24(28)22-16-7-3-4-8-19(16)30-23(22)25/h3-13,20H,1-2H3,(H,26,28). The molecule has 0 radical (unpaired) electrons. The van der Waals surface area contributed by atoms with E-state index in [4.69, 9.17) is 9.15 Å². The number of nitrogens with zero attached hydrogens (tertiary/aromatic N) is 1. The minimum Gasteiger partial charge on any atom is -0.481 e. The summed E-state index contributed by atoms with van der Waals surface area (Å²) in [4.78, 5) is 14.9. The second-order valence-corrected chi connectivity index (χ2v) is 7.42. The van der Waals surface area contributed by atoms with Crippen molar-refractivity contribution in [1.29, 1.82) is 0 Å². The second-order valence-electron chi connectivity index (χ2n) is 7.42. The van der Waals surface area contributed by atoms with Crippen LogP contribution in [-0.2, 0) is 0 Å². The first-order valence-electron chi connectivity index (χ1n) is 9.58. The molecule has 1 amide bonds. The molecule has 1 atom stereocenters. The second kappa shape index (κ2) is 6.91. The Bertz CT molecular complexity index is 1270. The number of fused-ring (bicyclic) bond motifs is 4. The smallest absolute Gasteiger partial charge is 0.291 e. The molecule has 5 rings (SSSR count). The number of hydrogen-bond donors (Lipinski definition) is 1. The summed E-state index contributed by atoms with van der Waals surface area (Å²) in [6.45, 7) is 0. The summed E-state index contributed by atoms with van der Waals surface area (Å²) in [6.07, 6.45) is 7.14. The van der Waals surface area contributed by atoms with E-state index in [0.717, 1.165) is 22.6 Å². The third-order valence-corrected chi connectivity index (χ3v) is 5.26. The molecule has 1 unspecified atom stereocenters. The predicted molar refractivity (Wildman–Crippen MR) is 114 cm³/mol. The van der Waals surface area contributed by atoms with Crippen molar-refractivity contribution in [2.24, 2.45) is 0 Å². The monoisotopic (exact) mass is 402 g/mol. The highest BCUT2D eigenvalue weighted by molar-refractivity contribution is 6.07. The summed E-state index contributed by atoms with van der Waals surface area (Å²) in [6, 6.07) is 11.9. The van der Waals surface area contributed by atoms with Crippen LogP contribution in [0.2, 0.25) is 0 Å². The highest BCUT2D eigenvalue weighted by atomic mass is 19.1. The summed E-state index contributed by atoms with van der Waals surface area (Å²) in [5.74, 6) is 0.231. The minimum absolute atomic E-state index is 0.104. The molecule has 1 N–H and O–H groups in total. The van der Waals surface area contributed by atoms with Crippen molar-refractivity contribution < 1.29 is 18.3 Å². The fourth-order valence-electron chi connectivity index (χ4n) is 3.76. The first-order valence-corrected chi connectivity index (χ1v) is 9.58. The van der Waals surface area contributed by atoms with Gasteiger partial charge in [-0.3, -0.25) is 4.79 Å². The van der Waals surface area contributed by atoms with E-state index >= 15 is 0 Å². The van der Waals surface area contributed by atoms with Gasteiger partial charge in [0.1, 0.15) is 23.0 Å². The maximum absolute atomic E-state index is 14.3. The number of para-hydroxylation sites is 1. The Morgan fingerprint density at radius 3 is 2.83 bits per heavy atom. The lowest BCUT2D eigenvalue weighted by molar-refractivity contribution is 0.0961. The Balaban J connectivity index is 1.49. The Labute approximate surface area is 172 Å². The molecule has 0 spiro atoms. The zero-order valence-electron chi connectivity index (χ0n) is 16.5. The lowest BCUT2D eigenvalue weighted by Crippen LogP contribution is -2.22. The van der Waals surface area contributed by atoms with Gasteiger partial charge >= 0.3 is 0 Å². The average Bonchev–Trinajstić information content (AvgIpc) is 3.16. The third-order valence-electron chi connectivity index (χ3n) is 5.26. The fourth-order valence-corrected chi connectivity index (χ4v) is 3.76. The van der Waals surface area contributed by atoms with Gasteiger partial charge in [-0.25, -0.2) is 0 Å². The number of amides is 1. The number of carbonyl (C=O) groups is 1. The van der Waals surface area contributed by atoms with E-state index in [2.05, 4.69) is 11.4 Å². The van der Waals surface area contributed by atoms with Crippen LogP contribution in [0.3, 0.4) is 0 Å². The number of rotatable bonds is 3. The van der Waals surface area contributed by atoms with E-state index in [0.29, 0.717) is 16.7 Å². The van der Waals surface area contributed by atoms with Crippen molar-refractivity contribution in [2.45, 2.75) is 6.10 Å². The number of halogens is 1. The Kier molecular flexibility index (Phi) is 4.20. The topological polar surface area (TPSA) is 54.7 Å². The molecule has 2 aliphatic rings. The van der Waals surface area contributed by atoms with Crippen molar-refractivity contribution in [3.63, 3.8) is 0 Å². The Morgan fingerprint density at radius 1 is 1.17 bits per heavy atom. The van der Waals surface area contributed by atoms with Gasteiger partial charge in [-0.2, -0.15) is 4.39 Å². The number of nitrogens with one attached hydrogen (secondary N) is 1. The molecule has 0 saturated heterocycles. The third kappa shape index (κ3) is 2.97. The van der Waals surface area contributed by atoms with Crippen LogP contribution in [0.1, 0.15) is 15.9 Å². The van der Waals surface area contributed by atoms with Gasteiger partial charge < -0.3 is 19.4 Å². The van der Waals surface area contributed by atoms with Crippen molar-refractivity contribution in [1.82, 2.24) is 5.32 Å². The Hall–Kier alpha value is -3.80. The first-order chi connectivity index (χ1) is 14.5. The van der Waals surface area contributed by atoms with Crippen molar-refractivity contribution in [2.75, 3.05) is 19.0 Å². The zero-order valence-corrected chi connectivity index (χ0v) is 16.5. The molecule has 5 nitrogen and oxygen atoms in total. The molecule has 2 aromatic carbocycles. The maximum Gasteiger partial charge on any atom is 0.291 e. The lowest BCUT2D eigenvalue weighted by atomic mass is 10.0. The minimum atomic E-state index is -0.894. The number of benzene rings is 2. The number of allylic oxidation sites excluding steroid dienone is 3. The summed E-state index contributed by atoms with van der Waals surface area (Å²) in [5, 5.41) is 3.24. The summed E-state index contributed by atoms with van der Waals surface area (Å²) < 4.78 is 25.4. The van der Waals surface area contributed by atoms with E-state index in [1.54, 1.807) is 30.3 Å². The van der Waals surface area contributed by atoms with Crippen LogP contribution < -0.4 is 15.0 Å². The number of ether oxygens (including phenoxy) is 1. The maximum atomic E-state index is 14.3. The molecule has 0 bridgehead atoms. The molecular formula is C24H19FN2O3. The van der Waals surface area contributed by atoms with Gasteiger partial charge in [0.15, 0.2) is 0 Å². The van der Waals surface area contributed by atoms with Crippen LogP contribution in [0.25, 0.3) is 16.5 Å². The SMILES string of the molecule is CN(C)c1ccc2c(c1)C1=CC(NC(=O)c3c(F)oc4ccccc34)=CC=CC1O2. The summed E-state index contributed by atoms with van der Waals surface area (Å²) in [7, 11) is 3.96. The molecule has 0 saturated carbocycles. The average molecular weight is 402 g/mol. The highest BCUT2D eigenvalue weighted by Gasteiger charge is 2.29. The van der Waals surface area contributed by atoms with Gasteiger partial charge in [-0.15, -0.1) is 0 Å². The van der Waals surface area contributed by atoms with E-state index in [1.807, 2.05) is 49.4 Å². The largest absolute Gasteiger partial charge is 0.481 e. The summed E-state index contributed by atoms with van der Waals surface area (Å²) >= 11 is 0. The normalized spacial score (nSPS) is 16.8. The van der Waals surface area contributed by atoms with Gasteiger partial charge in [0.2, 0.25) is 0 Å². The van der Waals surface area contributed by atoms with Crippen LogP contribution in [0.15, 0.2) is 76.9 Å². The molecule has 2 heterocycles. The van der Waals surface area contributed by atoms with Gasteiger partial charge in [0.05, 0.1) is 0 Å². The van der Waals surface area contributed by atoms with Crippen LogP contribution in [-0.4, -0.2) is 26.1 Å². The molecule has 1 aliphatic carbocycles. The quantitative estimate of drug-likeness (QED) is 0.692. The van der Waals surface area contributed by atoms with Crippen molar-refractivity contribution >= 4 is 28.1 Å². The molecule has 1 aliphatic heterocycles. The van der Waals surface area contributed by atoms with Gasteiger partial charge in [0.25, 0.3) is 11.9 Å². The lowest BCUT2D eigenvalue weighted by Gasteiger charge is -2.13. The predicted octanol–water partition coefficient (Wildman–Crippen LogP) is 4.67. The van der Waals surface area contributed by atoms with E-state index in [9.17, 15) is 9.18 Å².